The summed E-state index contributed by atoms with van der Waals surface area (Å²) in [6.07, 6.45) is 0. The molecule has 0 aliphatic carbocycles. The van der Waals surface area contributed by atoms with Crippen LogP contribution in [0, 0.1) is 11.2 Å². The first-order valence-corrected chi connectivity index (χ1v) is 4.65. The normalized spacial score (nSPS) is 11.1. The fourth-order valence-corrected chi connectivity index (χ4v) is 0.966. The molecule has 1 aromatic rings. The lowest BCUT2D eigenvalue weighted by atomic mass is 9.94. The van der Waals surface area contributed by atoms with E-state index in [1.807, 2.05) is 0 Å². The summed E-state index contributed by atoms with van der Waals surface area (Å²) < 4.78 is 12.6. The van der Waals surface area contributed by atoms with Crippen LogP contribution in [0.25, 0.3) is 0 Å². The van der Waals surface area contributed by atoms with Crippen LogP contribution in [-0.4, -0.2) is 17.6 Å². The lowest BCUT2D eigenvalue weighted by molar-refractivity contribution is -0.146. The summed E-state index contributed by atoms with van der Waals surface area (Å²) in [5.41, 5.74) is -0.125. The second-order valence-corrected chi connectivity index (χ2v) is 4.05. The fourth-order valence-electron chi connectivity index (χ4n) is 0.966. The number of carboxylic acids is 1. The third-order valence-corrected chi connectivity index (χ3v) is 2.16. The first-order chi connectivity index (χ1) is 6.92. The minimum Gasteiger partial charge on any atom is -0.481 e. The van der Waals surface area contributed by atoms with Crippen molar-refractivity contribution in [1.82, 2.24) is 0 Å². The molecule has 15 heavy (non-hydrogen) atoms. The van der Waals surface area contributed by atoms with Crippen LogP contribution in [0.5, 0.6) is 0 Å². The number of aliphatic carboxylic acids is 1. The summed E-state index contributed by atoms with van der Waals surface area (Å²) in [5.74, 6) is -1.17. The Kier molecular flexibility index (Phi) is 3.29. The zero-order valence-corrected chi connectivity index (χ0v) is 8.75. The maximum atomic E-state index is 12.6. The quantitative estimate of drug-likeness (QED) is 0.803. The zero-order valence-electron chi connectivity index (χ0n) is 8.75. The van der Waals surface area contributed by atoms with Crippen molar-refractivity contribution in [3.8, 4) is 0 Å². The van der Waals surface area contributed by atoms with Crippen molar-refractivity contribution in [2.45, 2.75) is 13.8 Å². The van der Waals surface area contributed by atoms with Crippen LogP contribution < -0.4 is 5.32 Å². The van der Waals surface area contributed by atoms with Crippen molar-refractivity contribution < 1.29 is 14.3 Å². The Hall–Kier alpha value is -1.58. The molecule has 0 atom stereocenters. The van der Waals surface area contributed by atoms with E-state index in [0.717, 1.165) is 0 Å². The summed E-state index contributed by atoms with van der Waals surface area (Å²) in [7, 11) is 0. The van der Waals surface area contributed by atoms with Gasteiger partial charge in [-0.2, -0.15) is 0 Å². The van der Waals surface area contributed by atoms with E-state index in [-0.39, 0.29) is 5.82 Å². The van der Waals surface area contributed by atoms with Crippen LogP contribution in [0.15, 0.2) is 24.3 Å². The summed E-state index contributed by atoms with van der Waals surface area (Å²) in [5, 5.41) is 11.8. The van der Waals surface area contributed by atoms with Crippen molar-refractivity contribution in [3.63, 3.8) is 0 Å². The van der Waals surface area contributed by atoms with E-state index in [0.29, 0.717) is 12.2 Å². The third-order valence-electron chi connectivity index (χ3n) is 2.16. The Bertz CT molecular complexity index is 346. The molecule has 82 valence electrons. The Morgan fingerprint density at radius 2 is 1.93 bits per heavy atom. The van der Waals surface area contributed by atoms with Gasteiger partial charge in [-0.15, -0.1) is 0 Å². The Balaban J connectivity index is 2.57. The number of benzene rings is 1. The Labute approximate surface area is 87.9 Å². The van der Waals surface area contributed by atoms with E-state index in [2.05, 4.69) is 5.32 Å². The van der Waals surface area contributed by atoms with Gasteiger partial charge in [0.25, 0.3) is 0 Å². The lowest BCUT2D eigenvalue weighted by Crippen LogP contribution is -2.31. The smallest absolute Gasteiger partial charge is 0.310 e. The molecule has 0 aromatic heterocycles. The first kappa shape index (κ1) is 11.5. The number of carboxylic acid groups (broad SMARTS) is 1. The van der Waals surface area contributed by atoms with Crippen LogP contribution in [0.1, 0.15) is 13.8 Å². The minimum absolute atomic E-state index is 0.300. The molecule has 0 bridgehead atoms. The van der Waals surface area contributed by atoms with Gasteiger partial charge >= 0.3 is 5.97 Å². The second-order valence-electron chi connectivity index (χ2n) is 4.05. The van der Waals surface area contributed by atoms with Gasteiger partial charge in [-0.05, 0) is 38.1 Å². The van der Waals surface area contributed by atoms with Gasteiger partial charge in [0, 0.05) is 12.2 Å². The molecule has 0 fully saturated rings. The predicted octanol–water partition coefficient (Wildman–Crippen LogP) is 2.35. The molecule has 0 saturated heterocycles. The van der Waals surface area contributed by atoms with E-state index in [1.54, 1.807) is 26.0 Å². The van der Waals surface area contributed by atoms with Gasteiger partial charge < -0.3 is 10.4 Å². The molecule has 1 aromatic carbocycles. The van der Waals surface area contributed by atoms with Gasteiger partial charge in [-0.3, -0.25) is 4.79 Å². The van der Waals surface area contributed by atoms with Crippen molar-refractivity contribution in [2.24, 2.45) is 5.41 Å². The maximum Gasteiger partial charge on any atom is 0.310 e. The molecule has 0 aliphatic heterocycles. The van der Waals surface area contributed by atoms with E-state index in [4.69, 9.17) is 5.11 Å². The van der Waals surface area contributed by atoms with Crippen molar-refractivity contribution in [3.05, 3.63) is 30.1 Å². The highest BCUT2D eigenvalue weighted by Gasteiger charge is 2.26. The maximum absolute atomic E-state index is 12.6. The highest BCUT2D eigenvalue weighted by atomic mass is 19.1. The molecule has 0 radical (unpaired) electrons. The minimum atomic E-state index is -0.864. The number of hydrogen-bond donors (Lipinski definition) is 2. The van der Waals surface area contributed by atoms with Crippen LogP contribution in [-0.2, 0) is 4.79 Å². The standard InChI is InChI=1S/C11H14FNO2/c1-11(2,10(14)15)7-13-9-5-3-8(12)4-6-9/h3-6,13H,7H2,1-2H3,(H,14,15). The number of rotatable bonds is 4. The van der Waals surface area contributed by atoms with Gasteiger partial charge in [0.15, 0.2) is 0 Å². The Morgan fingerprint density at radius 1 is 1.40 bits per heavy atom. The largest absolute Gasteiger partial charge is 0.481 e. The van der Waals surface area contributed by atoms with Crippen molar-refractivity contribution in [2.75, 3.05) is 11.9 Å². The van der Waals surface area contributed by atoms with Crippen molar-refractivity contribution >= 4 is 11.7 Å². The van der Waals surface area contributed by atoms with E-state index < -0.39 is 11.4 Å². The summed E-state index contributed by atoms with van der Waals surface area (Å²) in [6, 6.07) is 5.81. The van der Waals surface area contributed by atoms with Crippen LogP contribution in [0.4, 0.5) is 10.1 Å². The molecular weight excluding hydrogens is 197 g/mol. The first-order valence-electron chi connectivity index (χ1n) is 4.65. The fraction of sp³-hybridized carbons (Fsp3) is 0.364. The highest BCUT2D eigenvalue weighted by Crippen LogP contribution is 2.17. The number of halogens is 1. The van der Waals surface area contributed by atoms with Crippen LogP contribution in [0.2, 0.25) is 0 Å². The third kappa shape index (κ3) is 3.23. The number of nitrogens with one attached hydrogen (secondary N) is 1. The molecule has 0 aliphatic rings. The summed E-state index contributed by atoms with van der Waals surface area (Å²) in [4.78, 5) is 10.8. The molecule has 1 rings (SSSR count). The van der Waals surface area contributed by atoms with Crippen LogP contribution >= 0.6 is 0 Å². The molecule has 0 amide bonds. The monoisotopic (exact) mass is 211 g/mol. The van der Waals surface area contributed by atoms with Gasteiger partial charge in [0.05, 0.1) is 5.41 Å². The predicted molar refractivity (Wildman–Crippen MR) is 56.3 cm³/mol. The van der Waals surface area contributed by atoms with Gasteiger partial charge in [0.2, 0.25) is 0 Å². The molecular formula is C11H14FNO2. The SMILES string of the molecule is CC(C)(CNc1ccc(F)cc1)C(=O)O. The van der Waals surface area contributed by atoms with Crippen LogP contribution in [0.3, 0.4) is 0 Å². The molecule has 3 nitrogen and oxygen atoms in total. The number of hydrogen-bond acceptors (Lipinski definition) is 2. The molecule has 4 heteroatoms. The van der Waals surface area contributed by atoms with Crippen molar-refractivity contribution in [1.29, 1.82) is 0 Å². The average molecular weight is 211 g/mol. The zero-order chi connectivity index (χ0) is 11.5. The molecule has 0 saturated carbocycles. The van der Waals surface area contributed by atoms with Gasteiger partial charge in [0.1, 0.15) is 5.82 Å². The van der Waals surface area contributed by atoms with E-state index in [9.17, 15) is 9.18 Å². The number of carbonyl (C=O) groups is 1. The highest BCUT2D eigenvalue weighted by molar-refractivity contribution is 5.74. The summed E-state index contributed by atoms with van der Waals surface area (Å²) in [6.45, 7) is 3.56. The van der Waals surface area contributed by atoms with E-state index in [1.165, 1.54) is 12.1 Å². The molecule has 2 N–H and O–H groups in total. The van der Waals surface area contributed by atoms with Gasteiger partial charge in [-0.1, -0.05) is 0 Å². The lowest BCUT2D eigenvalue weighted by Gasteiger charge is -2.20. The van der Waals surface area contributed by atoms with Gasteiger partial charge in [-0.25, -0.2) is 4.39 Å². The van der Waals surface area contributed by atoms with E-state index >= 15 is 0 Å². The Morgan fingerprint density at radius 3 is 2.40 bits per heavy atom. The topological polar surface area (TPSA) is 49.3 Å². The number of anilines is 1. The summed E-state index contributed by atoms with van der Waals surface area (Å²) >= 11 is 0. The molecule has 0 spiro atoms. The molecule has 0 unspecified atom stereocenters. The average Bonchev–Trinajstić information content (AvgIpc) is 2.17. The second kappa shape index (κ2) is 4.29. The molecule has 0 heterocycles.